The van der Waals surface area contributed by atoms with E-state index in [-0.39, 0.29) is 16.5 Å². The molecule has 1 atom stereocenters. The second-order valence-corrected chi connectivity index (χ2v) is 14.2. The van der Waals surface area contributed by atoms with Gasteiger partial charge < -0.3 is 14.6 Å². The largest absolute Gasteiger partial charge is 0.505 e. The summed E-state index contributed by atoms with van der Waals surface area (Å²) in [7, 11) is 1.51. The second kappa shape index (κ2) is 14.2. The molecule has 10 nitrogen and oxygen atoms in total. The molecule has 1 N–H and O–H groups in total. The fraction of sp³-hybridized carbons (Fsp3) is 0.139. The number of fused-ring (bicyclic) bond motifs is 1. The number of ketones is 1. The number of nitrogens with zero attached hydrogens (tertiary/aromatic N) is 5. The topological polar surface area (TPSA) is 119 Å². The zero-order valence-electron chi connectivity index (χ0n) is 26.5. The number of ether oxygens (including phenoxy) is 2. The number of Topliss-reactive ketones (excluding diaryl/α,β-unsaturated/α-hetero) is 1. The minimum Gasteiger partial charge on any atom is -0.505 e. The summed E-state index contributed by atoms with van der Waals surface area (Å²) in [6.45, 7) is 2.03. The fourth-order valence-electron chi connectivity index (χ4n) is 5.72. The molecule has 6 aromatic rings. The van der Waals surface area contributed by atoms with Gasteiger partial charge in [0.25, 0.3) is 5.78 Å². The second-order valence-electron chi connectivity index (χ2n) is 11.2. The van der Waals surface area contributed by atoms with Crippen LogP contribution < -0.4 is 14.4 Å². The third-order valence-electron chi connectivity index (χ3n) is 8.08. The first kappa shape index (κ1) is 33.6. The van der Waals surface area contributed by atoms with E-state index in [1.165, 1.54) is 23.8 Å². The molecule has 252 valence electrons. The number of benzene rings is 3. The van der Waals surface area contributed by atoms with E-state index in [9.17, 15) is 14.7 Å². The maximum Gasteiger partial charge on any atom is 0.301 e. The summed E-state index contributed by atoms with van der Waals surface area (Å²) in [6.07, 6.45) is 1.73. The summed E-state index contributed by atoms with van der Waals surface area (Å²) in [6, 6.07) is 24.4. The Kier molecular flexibility index (Phi) is 9.52. The van der Waals surface area contributed by atoms with Gasteiger partial charge in [0, 0.05) is 22.0 Å². The monoisotopic (exact) mass is 743 g/mol. The average molecular weight is 745 g/mol. The lowest BCUT2D eigenvalue weighted by molar-refractivity contribution is -0.132. The molecule has 0 radical (unpaired) electrons. The van der Waals surface area contributed by atoms with Crippen molar-refractivity contribution >= 4 is 74.5 Å². The molecule has 1 saturated heterocycles. The number of carbonyl (C=O) groups is 2. The summed E-state index contributed by atoms with van der Waals surface area (Å²) >= 11 is 15.0. The Bertz CT molecular complexity index is 2290. The van der Waals surface area contributed by atoms with E-state index in [0.29, 0.717) is 60.8 Å². The highest BCUT2D eigenvalue weighted by Gasteiger charge is 2.49. The number of aryl methyl sites for hydroxylation is 1. The third kappa shape index (κ3) is 6.42. The Labute approximate surface area is 304 Å². The van der Waals surface area contributed by atoms with Crippen LogP contribution in [0.25, 0.3) is 11.4 Å². The van der Waals surface area contributed by atoms with Crippen molar-refractivity contribution in [2.75, 3.05) is 12.0 Å². The van der Waals surface area contributed by atoms with Gasteiger partial charge >= 0.3 is 5.91 Å². The highest BCUT2D eigenvalue weighted by Crippen LogP contribution is 2.46. The fourth-order valence-corrected chi connectivity index (χ4v) is 8.14. The lowest BCUT2D eigenvalue weighted by Gasteiger charge is -2.23. The first-order valence-electron chi connectivity index (χ1n) is 15.2. The van der Waals surface area contributed by atoms with E-state index in [1.54, 1.807) is 60.0 Å². The SMILES string of the molecule is COc1cc(C2/C(=C(\O)c3c(C)nc4ccccn34)C(=O)C(=O)N2c2nnc(SCc3ccc(Cl)cc3Cl)s2)ccc1OCc1ccccc1. The minimum atomic E-state index is -1.09. The zero-order chi connectivity index (χ0) is 34.9. The number of pyridine rings is 1. The molecule has 1 unspecified atom stereocenters. The number of thioether (sulfide) groups is 1. The van der Waals surface area contributed by atoms with Gasteiger partial charge in [-0.15, -0.1) is 10.2 Å². The van der Waals surface area contributed by atoms with E-state index in [1.807, 2.05) is 42.5 Å². The normalized spacial score (nSPS) is 15.6. The number of aliphatic hydroxyl groups is 1. The molecule has 0 spiro atoms. The van der Waals surface area contributed by atoms with Crippen LogP contribution in [0.2, 0.25) is 10.0 Å². The zero-order valence-corrected chi connectivity index (χ0v) is 29.7. The highest BCUT2D eigenvalue weighted by atomic mass is 35.5. The van der Waals surface area contributed by atoms with Crippen molar-refractivity contribution in [3.8, 4) is 11.5 Å². The first-order chi connectivity index (χ1) is 24.2. The lowest BCUT2D eigenvalue weighted by atomic mass is 9.96. The van der Waals surface area contributed by atoms with Crippen molar-refractivity contribution in [1.29, 1.82) is 0 Å². The number of aromatic nitrogens is 4. The van der Waals surface area contributed by atoms with Gasteiger partial charge in [-0.1, -0.05) is 94.8 Å². The van der Waals surface area contributed by atoms with Gasteiger partial charge in [-0.3, -0.25) is 18.9 Å². The molecular formula is C36H27Cl2N5O5S2. The van der Waals surface area contributed by atoms with E-state index in [4.69, 9.17) is 32.7 Å². The number of anilines is 1. The number of imidazole rings is 1. The number of methoxy groups -OCH3 is 1. The van der Waals surface area contributed by atoms with Crippen LogP contribution in [0, 0.1) is 6.92 Å². The summed E-state index contributed by atoms with van der Waals surface area (Å²) in [5, 5.41) is 21.8. The van der Waals surface area contributed by atoms with Crippen molar-refractivity contribution in [2.24, 2.45) is 0 Å². The number of halogens is 2. The number of carbonyl (C=O) groups excluding carboxylic acids is 2. The van der Waals surface area contributed by atoms with Crippen molar-refractivity contribution in [3.63, 3.8) is 0 Å². The van der Waals surface area contributed by atoms with Crippen LogP contribution in [0.3, 0.4) is 0 Å². The van der Waals surface area contributed by atoms with Crippen LogP contribution in [0.4, 0.5) is 5.13 Å². The molecule has 7 rings (SSSR count). The molecule has 1 aliphatic rings. The Morgan fingerprint density at radius 1 is 0.980 bits per heavy atom. The maximum absolute atomic E-state index is 14.0. The van der Waals surface area contributed by atoms with Crippen LogP contribution in [-0.4, -0.2) is 43.5 Å². The molecule has 4 heterocycles. The Hall–Kier alpha value is -4.88. The van der Waals surface area contributed by atoms with Crippen LogP contribution in [0.5, 0.6) is 11.5 Å². The highest BCUT2D eigenvalue weighted by molar-refractivity contribution is 8.00. The molecule has 0 aliphatic carbocycles. The summed E-state index contributed by atoms with van der Waals surface area (Å²) in [5.41, 5.74) is 3.54. The Morgan fingerprint density at radius 2 is 1.78 bits per heavy atom. The van der Waals surface area contributed by atoms with E-state index < -0.39 is 17.7 Å². The number of hydrogen-bond acceptors (Lipinski definition) is 10. The van der Waals surface area contributed by atoms with Gasteiger partial charge in [0.2, 0.25) is 5.13 Å². The number of aliphatic hydroxyl groups excluding tert-OH is 1. The maximum atomic E-state index is 14.0. The number of amides is 1. The summed E-state index contributed by atoms with van der Waals surface area (Å²) < 4.78 is 14.0. The standard InChI is InChI=1S/C36H27Cl2N5O5S2/c1-20-30(42-15-7-6-10-28(42)39-20)32(44)29-31(22-12-14-26(27(16-22)47-2)48-18-21-8-4-3-5-9-21)43(34(46)33(29)45)35-40-41-36(50-35)49-19-23-11-13-24(37)17-25(23)38/h3-17,31,44H,18-19H2,1-2H3/b32-29+. The Balaban J connectivity index is 1.30. The van der Waals surface area contributed by atoms with Crippen LogP contribution >= 0.6 is 46.3 Å². The van der Waals surface area contributed by atoms with E-state index in [2.05, 4.69) is 15.2 Å². The van der Waals surface area contributed by atoms with E-state index >= 15 is 0 Å². The molecule has 50 heavy (non-hydrogen) atoms. The molecule has 1 fully saturated rings. The molecule has 0 saturated carbocycles. The lowest BCUT2D eigenvalue weighted by Crippen LogP contribution is -2.29. The van der Waals surface area contributed by atoms with Gasteiger partial charge in [0.1, 0.15) is 17.9 Å². The third-order valence-corrected chi connectivity index (χ3v) is 10.8. The van der Waals surface area contributed by atoms with Crippen molar-refractivity contribution in [1.82, 2.24) is 19.6 Å². The molecular weight excluding hydrogens is 717 g/mol. The quantitative estimate of drug-likeness (QED) is 0.0486. The molecule has 1 aliphatic heterocycles. The summed E-state index contributed by atoms with van der Waals surface area (Å²) in [4.78, 5) is 33.7. The first-order valence-corrected chi connectivity index (χ1v) is 17.8. The van der Waals surface area contributed by atoms with Crippen molar-refractivity contribution in [2.45, 2.75) is 29.7 Å². The molecule has 0 bridgehead atoms. The number of rotatable bonds is 10. The predicted molar refractivity (Wildman–Crippen MR) is 194 cm³/mol. The van der Waals surface area contributed by atoms with Gasteiger partial charge in [0.15, 0.2) is 21.6 Å². The molecule has 14 heteroatoms. The van der Waals surface area contributed by atoms with Crippen LogP contribution in [0.1, 0.15) is 34.1 Å². The molecule has 3 aromatic heterocycles. The molecule has 3 aromatic carbocycles. The predicted octanol–water partition coefficient (Wildman–Crippen LogP) is 8.31. The molecule has 1 amide bonds. The van der Waals surface area contributed by atoms with Crippen molar-refractivity contribution in [3.05, 3.63) is 135 Å². The van der Waals surface area contributed by atoms with Crippen LogP contribution in [-0.2, 0) is 21.9 Å². The van der Waals surface area contributed by atoms with Gasteiger partial charge in [-0.25, -0.2) is 4.98 Å². The van der Waals surface area contributed by atoms with Gasteiger partial charge in [-0.2, -0.15) is 0 Å². The van der Waals surface area contributed by atoms with Gasteiger partial charge in [0.05, 0.1) is 24.4 Å². The van der Waals surface area contributed by atoms with E-state index in [0.717, 1.165) is 22.5 Å². The van der Waals surface area contributed by atoms with Gasteiger partial charge in [-0.05, 0) is 60.0 Å². The Morgan fingerprint density at radius 3 is 2.56 bits per heavy atom. The number of hydrogen-bond donors (Lipinski definition) is 1. The minimum absolute atomic E-state index is 0.124. The van der Waals surface area contributed by atoms with Crippen molar-refractivity contribution < 1.29 is 24.2 Å². The average Bonchev–Trinajstić information content (AvgIpc) is 3.80. The summed E-state index contributed by atoms with van der Waals surface area (Å²) in [5.74, 6) is -0.791. The smallest absolute Gasteiger partial charge is 0.301 e. The van der Waals surface area contributed by atoms with Crippen LogP contribution in [0.15, 0.2) is 101 Å².